The minimum absolute atomic E-state index is 0.0159. The van der Waals surface area contributed by atoms with Crippen molar-refractivity contribution in [3.05, 3.63) is 113 Å². The van der Waals surface area contributed by atoms with Crippen molar-refractivity contribution in [3.63, 3.8) is 0 Å². The molecular formula is C30H37FN4S. The Morgan fingerprint density at radius 3 is 2.53 bits per heavy atom. The molecule has 1 atom stereocenters. The number of aryl methyl sites for hydroxylation is 1. The van der Waals surface area contributed by atoms with E-state index in [0.717, 1.165) is 56.6 Å². The molecule has 0 saturated heterocycles. The predicted molar refractivity (Wildman–Crippen MR) is 157 cm³/mol. The quantitative estimate of drug-likeness (QED) is 0.202. The van der Waals surface area contributed by atoms with Crippen molar-refractivity contribution in [2.24, 2.45) is 4.99 Å². The third kappa shape index (κ3) is 9.34. The van der Waals surface area contributed by atoms with Gasteiger partial charge in [0.2, 0.25) is 0 Å². The van der Waals surface area contributed by atoms with Gasteiger partial charge in [-0.05, 0) is 73.1 Å². The van der Waals surface area contributed by atoms with Gasteiger partial charge in [0.1, 0.15) is 11.6 Å². The molecule has 2 rings (SSSR count). The third-order valence-corrected chi connectivity index (χ3v) is 6.42. The van der Waals surface area contributed by atoms with E-state index in [4.69, 9.17) is 0 Å². The van der Waals surface area contributed by atoms with Crippen molar-refractivity contribution < 1.29 is 4.39 Å². The maximum atomic E-state index is 13.4. The number of benzene rings is 1. The molecule has 0 aliphatic heterocycles. The van der Waals surface area contributed by atoms with Crippen molar-refractivity contribution in [1.29, 1.82) is 0 Å². The summed E-state index contributed by atoms with van der Waals surface area (Å²) >= 11 is 1.64. The van der Waals surface area contributed by atoms with E-state index in [9.17, 15) is 4.39 Å². The van der Waals surface area contributed by atoms with E-state index >= 15 is 0 Å². The van der Waals surface area contributed by atoms with Crippen molar-refractivity contribution >= 4 is 29.5 Å². The van der Waals surface area contributed by atoms with Gasteiger partial charge in [-0.25, -0.2) is 9.37 Å². The van der Waals surface area contributed by atoms with Gasteiger partial charge in [-0.15, -0.1) is 11.8 Å². The molecule has 0 aliphatic rings. The Morgan fingerprint density at radius 2 is 1.89 bits per heavy atom. The Kier molecular flexibility index (Phi) is 11.9. The molecule has 2 N–H and O–H groups in total. The molecular weight excluding hydrogens is 467 g/mol. The standard InChI is InChI=1S/C30H37FN4S/c1-8-27(32-10-3)16-11-21(4)20-36-23(6)19-34-30-28(17-22(5)18-33-30)24(7)35-29(9-2)25-12-14-26(31)15-13-25/h8,10-18,29,35H,4,6-7,9,19-20H2,1-3,5H3,(H,33,34)/b16-11-,27-8+,32-10?. The van der Waals surface area contributed by atoms with E-state index in [2.05, 4.69) is 53.3 Å². The summed E-state index contributed by atoms with van der Waals surface area (Å²) in [4.78, 5) is 9.86. The number of aromatic nitrogens is 1. The number of allylic oxidation sites excluding steroid dienone is 3. The zero-order chi connectivity index (χ0) is 26.5. The van der Waals surface area contributed by atoms with Crippen LogP contribution < -0.4 is 10.6 Å². The molecule has 0 aliphatic carbocycles. The molecule has 36 heavy (non-hydrogen) atoms. The van der Waals surface area contributed by atoms with E-state index in [1.165, 1.54) is 12.1 Å². The first-order valence-electron chi connectivity index (χ1n) is 12.0. The van der Waals surface area contributed by atoms with Gasteiger partial charge >= 0.3 is 0 Å². The number of nitrogens with zero attached hydrogens (tertiary/aromatic N) is 2. The topological polar surface area (TPSA) is 49.3 Å². The molecule has 0 radical (unpaired) electrons. The summed E-state index contributed by atoms with van der Waals surface area (Å²) in [6, 6.07) is 8.65. The first-order chi connectivity index (χ1) is 17.3. The fourth-order valence-corrected chi connectivity index (χ4v) is 4.05. The monoisotopic (exact) mass is 504 g/mol. The first-order valence-corrected chi connectivity index (χ1v) is 13.0. The van der Waals surface area contributed by atoms with E-state index < -0.39 is 0 Å². The van der Waals surface area contributed by atoms with E-state index in [0.29, 0.717) is 6.54 Å². The molecule has 1 aromatic heterocycles. The molecule has 4 nitrogen and oxygen atoms in total. The zero-order valence-corrected chi connectivity index (χ0v) is 22.6. The normalized spacial score (nSPS) is 12.6. The molecule has 0 bridgehead atoms. The van der Waals surface area contributed by atoms with Crippen molar-refractivity contribution in [3.8, 4) is 0 Å². The molecule has 2 aromatic rings. The Bertz CT molecular complexity index is 1150. The second kappa shape index (κ2) is 14.9. The van der Waals surface area contributed by atoms with Crippen molar-refractivity contribution in [2.75, 3.05) is 17.6 Å². The van der Waals surface area contributed by atoms with Crippen LogP contribution in [0.2, 0.25) is 0 Å². The Labute approximate surface area is 219 Å². The summed E-state index contributed by atoms with van der Waals surface area (Å²) in [6.45, 7) is 21.1. The van der Waals surface area contributed by atoms with Crippen LogP contribution in [0, 0.1) is 12.7 Å². The van der Waals surface area contributed by atoms with Gasteiger partial charge < -0.3 is 10.6 Å². The molecule has 6 heteroatoms. The van der Waals surface area contributed by atoms with Crippen LogP contribution >= 0.6 is 11.8 Å². The predicted octanol–water partition coefficient (Wildman–Crippen LogP) is 8.01. The van der Waals surface area contributed by atoms with Crippen LogP contribution in [0.25, 0.3) is 5.70 Å². The maximum absolute atomic E-state index is 13.4. The van der Waals surface area contributed by atoms with Crippen LogP contribution in [-0.2, 0) is 0 Å². The highest BCUT2D eigenvalue weighted by Crippen LogP contribution is 2.26. The second-order valence-corrected chi connectivity index (χ2v) is 9.47. The summed E-state index contributed by atoms with van der Waals surface area (Å²) in [5, 5.41) is 6.89. The third-order valence-electron chi connectivity index (χ3n) is 5.36. The van der Waals surface area contributed by atoms with Crippen LogP contribution in [-0.4, -0.2) is 23.5 Å². The van der Waals surface area contributed by atoms with E-state index in [1.807, 2.05) is 45.2 Å². The summed E-state index contributed by atoms with van der Waals surface area (Å²) < 4.78 is 13.4. The fraction of sp³-hybridized carbons (Fsp3) is 0.267. The van der Waals surface area contributed by atoms with Gasteiger partial charge in [0, 0.05) is 36.0 Å². The highest BCUT2D eigenvalue weighted by Gasteiger charge is 2.14. The second-order valence-electron chi connectivity index (χ2n) is 8.32. The van der Waals surface area contributed by atoms with Crippen molar-refractivity contribution in [1.82, 2.24) is 10.3 Å². The molecule has 1 aromatic carbocycles. The van der Waals surface area contributed by atoms with Gasteiger partial charge in [-0.2, -0.15) is 0 Å². The van der Waals surface area contributed by atoms with E-state index in [-0.39, 0.29) is 11.9 Å². The average Bonchev–Trinajstić information content (AvgIpc) is 2.88. The summed E-state index contributed by atoms with van der Waals surface area (Å²) in [5.74, 6) is 1.23. The summed E-state index contributed by atoms with van der Waals surface area (Å²) in [6.07, 6.45) is 10.3. The van der Waals surface area contributed by atoms with Crippen LogP contribution in [0.5, 0.6) is 0 Å². The van der Waals surface area contributed by atoms with Crippen LogP contribution in [0.15, 0.2) is 95.7 Å². The SMILES string of the molecule is C=C(/C=C\C(=C/C)N=CC)CSC(=C)CNc1ncc(C)cc1C(=C)NC(CC)c1ccc(F)cc1. The van der Waals surface area contributed by atoms with Gasteiger partial charge in [0.25, 0.3) is 0 Å². The molecule has 0 saturated carbocycles. The number of pyridine rings is 1. The highest BCUT2D eigenvalue weighted by atomic mass is 32.2. The molecule has 0 amide bonds. The molecule has 1 unspecified atom stereocenters. The smallest absolute Gasteiger partial charge is 0.135 e. The number of hydrogen-bond acceptors (Lipinski definition) is 5. The van der Waals surface area contributed by atoms with E-state index in [1.54, 1.807) is 30.1 Å². The molecule has 1 heterocycles. The molecule has 0 spiro atoms. The lowest BCUT2D eigenvalue weighted by atomic mass is 10.0. The van der Waals surface area contributed by atoms with Crippen LogP contribution in [0.3, 0.4) is 0 Å². The van der Waals surface area contributed by atoms with Crippen LogP contribution in [0.4, 0.5) is 10.2 Å². The zero-order valence-electron chi connectivity index (χ0n) is 21.8. The number of hydrogen-bond donors (Lipinski definition) is 2. The Balaban J connectivity index is 1.99. The first kappa shape index (κ1) is 28.9. The number of aliphatic imine (C=N–C) groups is 1. The highest BCUT2D eigenvalue weighted by molar-refractivity contribution is 8.03. The number of nitrogens with one attached hydrogen (secondary N) is 2. The fourth-order valence-electron chi connectivity index (χ4n) is 3.39. The number of anilines is 1. The lowest BCUT2D eigenvalue weighted by molar-refractivity contribution is 0.603. The number of thioether (sulfide) groups is 1. The van der Waals surface area contributed by atoms with Crippen LogP contribution in [0.1, 0.15) is 49.9 Å². The molecule has 0 fully saturated rings. The molecule has 190 valence electrons. The van der Waals surface area contributed by atoms with Gasteiger partial charge in [-0.1, -0.05) is 50.9 Å². The van der Waals surface area contributed by atoms with Gasteiger partial charge in [0.05, 0.1) is 11.7 Å². The minimum atomic E-state index is -0.243. The lowest BCUT2D eigenvalue weighted by Crippen LogP contribution is -2.20. The average molecular weight is 505 g/mol. The number of halogens is 1. The van der Waals surface area contributed by atoms with Gasteiger partial charge in [-0.3, -0.25) is 4.99 Å². The lowest BCUT2D eigenvalue weighted by Gasteiger charge is -2.22. The Morgan fingerprint density at radius 1 is 1.17 bits per heavy atom. The minimum Gasteiger partial charge on any atom is -0.378 e. The maximum Gasteiger partial charge on any atom is 0.135 e. The summed E-state index contributed by atoms with van der Waals surface area (Å²) in [7, 11) is 0. The largest absolute Gasteiger partial charge is 0.378 e. The van der Waals surface area contributed by atoms with Gasteiger partial charge in [0.15, 0.2) is 0 Å². The summed E-state index contributed by atoms with van der Waals surface area (Å²) in [5.41, 5.74) is 5.60. The number of rotatable bonds is 14. The van der Waals surface area contributed by atoms with Crippen molar-refractivity contribution in [2.45, 2.75) is 40.2 Å². The Hall–Kier alpha value is -3.38.